The van der Waals surface area contributed by atoms with Crippen molar-refractivity contribution < 1.29 is 8.42 Å². The lowest BCUT2D eigenvalue weighted by atomic mass is 10.3. The molecule has 0 fully saturated rings. The first-order valence-electron chi connectivity index (χ1n) is 4.94. The Balaban J connectivity index is 3.55. The molecule has 0 saturated carbocycles. The standard InChI is InChI=1S/C8H19N3O2S2/c1-3-4-5-10-8(14)11-6-7-15(12,13)9-2/h9H,3-7H2,1-2H3,(H2,10,11,14). The molecule has 90 valence electrons. The van der Waals surface area contributed by atoms with Gasteiger partial charge in [0.25, 0.3) is 0 Å². The summed E-state index contributed by atoms with van der Waals surface area (Å²) in [5.41, 5.74) is 0. The molecule has 5 nitrogen and oxygen atoms in total. The molecule has 0 aliphatic carbocycles. The molecule has 0 aliphatic heterocycles. The van der Waals surface area contributed by atoms with Gasteiger partial charge in [0.05, 0.1) is 5.75 Å². The molecule has 0 unspecified atom stereocenters. The predicted molar refractivity (Wildman–Crippen MR) is 66.4 cm³/mol. The van der Waals surface area contributed by atoms with Crippen LogP contribution in [0.4, 0.5) is 0 Å². The summed E-state index contributed by atoms with van der Waals surface area (Å²) in [6.45, 7) is 3.24. The van der Waals surface area contributed by atoms with Crippen LogP contribution in [-0.4, -0.2) is 39.4 Å². The Morgan fingerprint density at radius 2 is 1.87 bits per heavy atom. The van der Waals surface area contributed by atoms with Crippen LogP contribution in [0.1, 0.15) is 19.8 Å². The number of unbranched alkanes of at least 4 members (excludes halogenated alkanes) is 1. The van der Waals surface area contributed by atoms with E-state index in [-0.39, 0.29) is 5.75 Å². The predicted octanol–water partition coefficient (Wildman–Crippen LogP) is -0.200. The van der Waals surface area contributed by atoms with Crippen LogP contribution in [0.15, 0.2) is 0 Å². The number of thiocarbonyl (C=S) groups is 1. The second kappa shape index (κ2) is 7.84. The van der Waals surface area contributed by atoms with Crippen molar-refractivity contribution in [2.75, 3.05) is 25.9 Å². The first-order valence-corrected chi connectivity index (χ1v) is 7.00. The second-order valence-electron chi connectivity index (χ2n) is 3.06. The fourth-order valence-corrected chi connectivity index (χ4v) is 1.62. The fraction of sp³-hybridized carbons (Fsp3) is 0.875. The summed E-state index contributed by atoms with van der Waals surface area (Å²) >= 11 is 4.95. The van der Waals surface area contributed by atoms with E-state index in [4.69, 9.17) is 12.2 Å². The zero-order valence-corrected chi connectivity index (χ0v) is 10.8. The molecule has 0 aromatic rings. The van der Waals surface area contributed by atoms with Gasteiger partial charge < -0.3 is 10.6 Å². The second-order valence-corrected chi connectivity index (χ2v) is 5.51. The summed E-state index contributed by atoms with van der Waals surface area (Å²) in [5, 5.41) is 6.34. The van der Waals surface area contributed by atoms with Crippen molar-refractivity contribution in [3.05, 3.63) is 0 Å². The molecule has 0 aromatic heterocycles. The van der Waals surface area contributed by atoms with E-state index in [1.807, 2.05) is 0 Å². The fourth-order valence-electron chi connectivity index (χ4n) is 0.842. The number of hydrogen-bond donors (Lipinski definition) is 3. The van der Waals surface area contributed by atoms with E-state index in [9.17, 15) is 8.42 Å². The highest BCUT2D eigenvalue weighted by Gasteiger charge is 2.05. The normalized spacial score (nSPS) is 11.1. The minimum absolute atomic E-state index is 0.0269. The van der Waals surface area contributed by atoms with E-state index in [2.05, 4.69) is 22.3 Å². The Hall–Kier alpha value is -0.400. The Morgan fingerprint density at radius 1 is 1.27 bits per heavy atom. The molecule has 0 amide bonds. The van der Waals surface area contributed by atoms with Crippen molar-refractivity contribution in [3.63, 3.8) is 0 Å². The lowest BCUT2D eigenvalue weighted by molar-refractivity contribution is 0.587. The van der Waals surface area contributed by atoms with Crippen molar-refractivity contribution in [1.82, 2.24) is 15.4 Å². The summed E-state index contributed by atoms with van der Waals surface area (Å²) in [6, 6.07) is 0. The molecule has 0 rings (SSSR count). The number of sulfonamides is 1. The van der Waals surface area contributed by atoms with Gasteiger partial charge in [-0.15, -0.1) is 0 Å². The molecule has 0 spiro atoms. The number of nitrogens with one attached hydrogen (secondary N) is 3. The topological polar surface area (TPSA) is 70.2 Å². The number of hydrogen-bond acceptors (Lipinski definition) is 3. The number of rotatable bonds is 7. The molecular formula is C8H19N3O2S2. The average Bonchev–Trinajstić information content (AvgIpc) is 2.18. The average molecular weight is 253 g/mol. The molecule has 0 heterocycles. The maximum absolute atomic E-state index is 11.0. The van der Waals surface area contributed by atoms with Gasteiger partial charge in [0.1, 0.15) is 0 Å². The van der Waals surface area contributed by atoms with Gasteiger partial charge in [0.2, 0.25) is 10.0 Å². The zero-order chi connectivity index (χ0) is 11.7. The molecule has 15 heavy (non-hydrogen) atoms. The van der Waals surface area contributed by atoms with E-state index in [0.29, 0.717) is 11.7 Å². The van der Waals surface area contributed by atoms with Gasteiger partial charge in [-0.2, -0.15) is 0 Å². The van der Waals surface area contributed by atoms with Crippen LogP contribution in [0.2, 0.25) is 0 Å². The van der Waals surface area contributed by atoms with Gasteiger partial charge in [-0.05, 0) is 25.7 Å². The van der Waals surface area contributed by atoms with Crippen LogP contribution in [0.3, 0.4) is 0 Å². The van der Waals surface area contributed by atoms with Crippen molar-refractivity contribution in [2.45, 2.75) is 19.8 Å². The van der Waals surface area contributed by atoms with Crippen LogP contribution in [0.25, 0.3) is 0 Å². The molecule has 0 atom stereocenters. The summed E-state index contributed by atoms with van der Waals surface area (Å²) in [4.78, 5) is 0. The molecule has 0 saturated heterocycles. The van der Waals surface area contributed by atoms with E-state index < -0.39 is 10.0 Å². The van der Waals surface area contributed by atoms with E-state index in [1.165, 1.54) is 7.05 Å². The Bertz CT molecular complexity index is 278. The summed E-state index contributed by atoms with van der Waals surface area (Å²) in [7, 11) is -1.74. The van der Waals surface area contributed by atoms with Gasteiger partial charge >= 0.3 is 0 Å². The molecule has 3 N–H and O–H groups in total. The third kappa shape index (κ3) is 8.59. The van der Waals surface area contributed by atoms with Crippen LogP contribution in [0.5, 0.6) is 0 Å². The van der Waals surface area contributed by atoms with E-state index in [0.717, 1.165) is 19.4 Å². The highest BCUT2D eigenvalue weighted by molar-refractivity contribution is 7.89. The smallest absolute Gasteiger partial charge is 0.213 e. The highest BCUT2D eigenvalue weighted by Crippen LogP contribution is 1.83. The summed E-state index contributed by atoms with van der Waals surface area (Å²) < 4.78 is 24.3. The third-order valence-electron chi connectivity index (χ3n) is 1.78. The van der Waals surface area contributed by atoms with Crippen LogP contribution >= 0.6 is 12.2 Å². The Labute approximate surface area is 97.1 Å². The first kappa shape index (κ1) is 14.6. The van der Waals surface area contributed by atoms with Crippen molar-refractivity contribution in [3.8, 4) is 0 Å². The maximum atomic E-state index is 11.0. The van der Waals surface area contributed by atoms with Gasteiger partial charge in [-0.3, -0.25) is 0 Å². The monoisotopic (exact) mass is 253 g/mol. The lowest BCUT2D eigenvalue weighted by Gasteiger charge is -2.09. The minimum Gasteiger partial charge on any atom is -0.363 e. The lowest BCUT2D eigenvalue weighted by Crippen LogP contribution is -2.39. The molecule has 7 heteroatoms. The Morgan fingerprint density at radius 3 is 2.40 bits per heavy atom. The van der Waals surface area contributed by atoms with Gasteiger partial charge in [0, 0.05) is 13.1 Å². The summed E-state index contributed by atoms with van der Waals surface area (Å²) in [6.07, 6.45) is 2.15. The molecule has 0 aliphatic rings. The van der Waals surface area contributed by atoms with Gasteiger partial charge in [-0.25, -0.2) is 13.1 Å². The van der Waals surface area contributed by atoms with Crippen molar-refractivity contribution in [2.24, 2.45) is 0 Å². The van der Waals surface area contributed by atoms with E-state index in [1.54, 1.807) is 0 Å². The van der Waals surface area contributed by atoms with Gasteiger partial charge in [-0.1, -0.05) is 13.3 Å². The largest absolute Gasteiger partial charge is 0.363 e. The molecular weight excluding hydrogens is 234 g/mol. The Kier molecular flexibility index (Phi) is 7.63. The summed E-state index contributed by atoms with van der Waals surface area (Å²) in [5.74, 6) is 0.0269. The van der Waals surface area contributed by atoms with Crippen LogP contribution in [0, 0.1) is 0 Å². The van der Waals surface area contributed by atoms with Crippen LogP contribution in [-0.2, 0) is 10.0 Å². The quantitative estimate of drug-likeness (QED) is 0.433. The van der Waals surface area contributed by atoms with E-state index >= 15 is 0 Å². The third-order valence-corrected chi connectivity index (χ3v) is 3.44. The molecule has 0 aromatic carbocycles. The van der Waals surface area contributed by atoms with Crippen molar-refractivity contribution in [1.29, 1.82) is 0 Å². The van der Waals surface area contributed by atoms with Crippen molar-refractivity contribution >= 4 is 27.4 Å². The zero-order valence-electron chi connectivity index (χ0n) is 9.17. The van der Waals surface area contributed by atoms with Gasteiger partial charge in [0.15, 0.2) is 5.11 Å². The van der Waals surface area contributed by atoms with Crippen LogP contribution < -0.4 is 15.4 Å². The SMILES string of the molecule is CCCCNC(=S)NCCS(=O)(=O)NC. The first-order chi connectivity index (χ1) is 7.02. The minimum atomic E-state index is -3.14. The molecule has 0 bridgehead atoms. The highest BCUT2D eigenvalue weighted by atomic mass is 32.2. The maximum Gasteiger partial charge on any atom is 0.213 e. The molecule has 0 radical (unpaired) electrons.